The number of esters is 1. The van der Waals surface area contributed by atoms with E-state index in [-0.39, 0.29) is 12.2 Å². The van der Waals surface area contributed by atoms with Gasteiger partial charge in [0.05, 0.1) is 42.7 Å². The lowest BCUT2D eigenvalue weighted by Gasteiger charge is -2.25. The molecule has 0 spiro atoms. The molecule has 1 aliphatic rings. The molecule has 0 bridgehead atoms. The molecule has 0 aliphatic carbocycles. The van der Waals surface area contributed by atoms with Crippen molar-refractivity contribution in [3.05, 3.63) is 106 Å². The highest BCUT2D eigenvalue weighted by atomic mass is 127. The Kier molecular flexibility index (Phi) is 8.23. The van der Waals surface area contributed by atoms with Crippen molar-refractivity contribution >= 4 is 46.0 Å². The highest BCUT2D eigenvalue weighted by Gasteiger charge is 2.34. The Hall–Kier alpha value is -3.64. The van der Waals surface area contributed by atoms with Crippen molar-refractivity contribution in [3.8, 4) is 17.2 Å². The molecule has 4 aromatic rings. The summed E-state index contributed by atoms with van der Waals surface area (Å²) in [6, 6.07) is 15.0. The van der Waals surface area contributed by atoms with Crippen LogP contribution in [-0.2, 0) is 9.53 Å². The van der Waals surface area contributed by atoms with Gasteiger partial charge in [0.25, 0.3) is 5.56 Å². The second-order valence-corrected chi connectivity index (χ2v) is 11.8. The second kappa shape index (κ2) is 11.7. The molecule has 212 valence electrons. The van der Waals surface area contributed by atoms with Crippen LogP contribution in [0.3, 0.4) is 0 Å². The van der Waals surface area contributed by atoms with Gasteiger partial charge in [0.2, 0.25) is 0 Å². The van der Waals surface area contributed by atoms with E-state index in [0.29, 0.717) is 37.7 Å². The van der Waals surface area contributed by atoms with Gasteiger partial charge in [-0.05, 0) is 110 Å². The number of fused-ring (bicyclic) bond motifs is 1. The molecule has 2 aromatic heterocycles. The first-order chi connectivity index (χ1) is 19.7. The van der Waals surface area contributed by atoms with E-state index < -0.39 is 12.0 Å². The minimum absolute atomic E-state index is 0.203. The third kappa shape index (κ3) is 5.26. The average Bonchev–Trinajstić information content (AvgIpc) is 3.41. The molecule has 10 heteroatoms. The molecular weight excluding hydrogens is 653 g/mol. The minimum atomic E-state index is -0.744. The predicted octanol–water partition coefficient (Wildman–Crippen LogP) is 4.83. The van der Waals surface area contributed by atoms with E-state index in [4.69, 9.17) is 14.2 Å². The monoisotopic (exact) mass is 683 g/mol. The Balaban J connectivity index is 1.70. The summed E-state index contributed by atoms with van der Waals surface area (Å²) >= 11 is 3.59. The first-order valence-corrected chi connectivity index (χ1v) is 14.9. The fraction of sp³-hybridized carbons (Fsp3) is 0.258. The molecule has 0 saturated carbocycles. The molecule has 3 heterocycles. The second-order valence-electron chi connectivity index (χ2n) is 9.55. The van der Waals surface area contributed by atoms with Crippen LogP contribution >= 0.6 is 33.9 Å². The van der Waals surface area contributed by atoms with E-state index in [1.165, 1.54) is 11.3 Å². The number of hydrogen-bond acceptors (Lipinski definition) is 7. The Morgan fingerprint density at radius 3 is 2.41 bits per heavy atom. The largest absolute Gasteiger partial charge is 0.493 e. The van der Waals surface area contributed by atoms with Gasteiger partial charge in [-0.2, -0.15) is 0 Å². The number of benzene rings is 2. The molecule has 5 rings (SSSR count). The van der Waals surface area contributed by atoms with Gasteiger partial charge in [0, 0.05) is 20.6 Å². The summed E-state index contributed by atoms with van der Waals surface area (Å²) in [7, 11) is 3.11. The SMILES string of the molecule is CCOC(=O)C1=C(C)N=c2s/c(=C\c3cc(C)n(-c4ccc(I)cc4)c3C)c(=O)n2C1c1ccc(OC)c(OC)c1. The molecule has 0 N–H and O–H groups in total. The molecule has 1 aliphatic heterocycles. The van der Waals surface area contributed by atoms with Crippen LogP contribution in [0.4, 0.5) is 0 Å². The summed E-state index contributed by atoms with van der Waals surface area (Å²) in [5.41, 5.74) is 5.36. The van der Waals surface area contributed by atoms with Crippen LogP contribution in [0.15, 0.2) is 69.6 Å². The minimum Gasteiger partial charge on any atom is -0.493 e. The number of ether oxygens (including phenoxy) is 3. The summed E-state index contributed by atoms with van der Waals surface area (Å²) in [6.45, 7) is 7.82. The summed E-state index contributed by atoms with van der Waals surface area (Å²) in [5.74, 6) is 0.530. The number of aryl methyl sites for hydroxylation is 1. The van der Waals surface area contributed by atoms with Gasteiger partial charge >= 0.3 is 5.97 Å². The van der Waals surface area contributed by atoms with Gasteiger partial charge in [-0.25, -0.2) is 9.79 Å². The number of carbonyl (C=O) groups excluding carboxylic acids is 1. The van der Waals surface area contributed by atoms with Crippen LogP contribution in [0.1, 0.15) is 42.4 Å². The zero-order chi connectivity index (χ0) is 29.4. The third-order valence-electron chi connectivity index (χ3n) is 7.08. The van der Waals surface area contributed by atoms with Crippen molar-refractivity contribution < 1.29 is 19.0 Å². The fourth-order valence-electron chi connectivity index (χ4n) is 5.19. The van der Waals surface area contributed by atoms with Crippen LogP contribution < -0.4 is 24.4 Å². The molecule has 8 nitrogen and oxygen atoms in total. The topological polar surface area (TPSA) is 84.1 Å². The molecule has 0 radical (unpaired) electrons. The number of methoxy groups -OCH3 is 2. The predicted molar refractivity (Wildman–Crippen MR) is 168 cm³/mol. The number of rotatable bonds is 7. The summed E-state index contributed by atoms with van der Waals surface area (Å²) in [4.78, 5) is 32.5. The molecule has 0 saturated heterocycles. The fourth-order valence-corrected chi connectivity index (χ4v) is 6.59. The Morgan fingerprint density at radius 2 is 1.76 bits per heavy atom. The maximum absolute atomic E-state index is 14.1. The summed E-state index contributed by atoms with van der Waals surface area (Å²) in [5, 5.41) is 0. The smallest absolute Gasteiger partial charge is 0.338 e. The molecule has 1 unspecified atom stereocenters. The van der Waals surface area contributed by atoms with Gasteiger partial charge < -0.3 is 18.8 Å². The van der Waals surface area contributed by atoms with E-state index in [1.54, 1.807) is 44.8 Å². The van der Waals surface area contributed by atoms with Crippen molar-refractivity contribution in [3.63, 3.8) is 0 Å². The lowest BCUT2D eigenvalue weighted by atomic mass is 9.95. The zero-order valence-corrected chi connectivity index (χ0v) is 26.6. The molecule has 2 aromatic carbocycles. The van der Waals surface area contributed by atoms with Gasteiger partial charge in [-0.1, -0.05) is 17.4 Å². The first-order valence-electron chi connectivity index (χ1n) is 13.0. The number of carbonyl (C=O) groups is 1. The van der Waals surface area contributed by atoms with Crippen LogP contribution in [0.25, 0.3) is 11.8 Å². The molecule has 0 amide bonds. The van der Waals surface area contributed by atoms with Crippen molar-refractivity contribution in [2.75, 3.05) is 20.8 Å². The number of nitrogens with zero attached hydrogens (tertiary/aromatic N) is 3. The van der Waals surface area contributed by atoms with Crippen molar-refractivity contribution in [2.24, 2.45) is 4.99 Å². The van der Waals surface area contributed by atoms with E-state index in [0.717, 1.165) is 26.2 Å². The number of aromatic nitrogens is 2. The van der Waals surface area contributed by atoms with E-state index in [1.807, 2.05) is 19.1 Å². The maximum atomic E-state index is 14.1. The summed E-state index contributed by atoms with van der Waals surface area (Å²) < 4.78 is 21.8. The number of hydrogen-bond donors (Lipinski definition) is 0. The molecular formula is C31H30IN3O5S. The van der Waals surface area contributed by atoms with Crippen LogP contribution in [0, 0.1) is 17.4 Å². The Bertz CT molecular complexity index is 1860. The quantitative estimate of drug-likeness (QED) is 0.206. The lowest BCUT2D eigenvalue weighted by molar-refractivity contribution is -0.139. The van der Waals surface area contributed by atoms with Crippen LogP contribution in [0.2, 0.25) is 0 Å². The zero-order valence-electron chi connectivity index (χ0n) is 23.6. The van der Waals surface area contributed by atoms with E-state index in [9.17, 15) is 9.59 Å². The van der Waals surface area contributed by atoms with Gasteiger partial charge in [0.15, 0.2) is 16.3 Å². The highest BCUT2D eigenvalue weighted by molar-refractivity contribution is 14.1. The Morgan fingerprint density at radius 1 is 1.05 bits per heavy atom. The standard InChI is InChI=1S/C31H30IN3O5S/c1-7-40-30(37)27-18(3)33-31-35(28(27)20-8-13-24(38-5)25(15-20)39-6)29(36)26(41-31)16-21-14-17(2)34(19(21)4)23-11-9-22(32)10-12-23/h8-16,28H,7H2,1-6H3/b26-16-. The molecule has 41 heavy (non-hydrogen) atoms. The van der Waals surface area contributed by atoms with Gasteiger partial charge in [-0.15, -0.1) is 0 Å². The normalized spacial score (nSPS) is 15.0. The number of allylic oxidation sites excluding steroid dienone is 1. The Labute approximate surface area is 255 Å². The van der Waals surface area contributed by atoms with Crippen molar-refractivity contribution in [2.45, 2.75) is 33.7 Å². The summed E-state index contributed by atoms with van der Waals surface area (Å²) in [6.07, 6.45) is 1.91. The number of halogens is 1. The lowest BCUT2D eigenvalue weighted by Crippen LogP contribution is -2.40. The van der Waals surface area contributed by atoms with Gasteiger partial charge in [0.1, 0.15) is 0 Å². The highest BCUT2D eigenvalue weighted by Crippen LogP contribution is 2.36. The van der Waals surface area contributed by atoms with Crippen LogP contribution in [-0.4, -0.2) is 35.9 Å². The maximum Gasteiger partial charge on any atom is 0.338 e. The van der Waals surface area contributed by atoms with Crippen molar-refractivity contribution in [1.29, 1.82) is 0 Å². The molecule has 0 fully saturated rings. The first kappa shape index (κ1) is 28.9. The van der Waals surface area contributed by atoms with E-state index >= 15 is 0 Å². The van der Waals surface area contributed by atoms with E-state index in [2.05, 4.69) is 69.4 Å². The van der Waals surface area contributed by atoms with Crippen LogP contribution in [0.5, 0.6) is 11.5 Å². The average molecular weight is 684 g/mol. The van der Waals surface area contributed by atoms with Crippen molar-refractivity contribution in [1.82, 2.24) is 9.13 Å². The van der Waals surface area contributed by atoms with Gasteiger partial charge in [-0.3, -0.25) is 9.36 Å². The molecule has 1 atom stereocenters. The number of thiazole rings is 1. The third-order valence-corrected chi connectivity index (χ3v) is 8.78.